The molecule has 0 radical (unpaired) electrons. The maximum Gasteiger partial charge on any atom is 0.261 e. The van der Waals surface area contributed by atoms with E-state index in [9.17, 15) is 30.0 Å². The van der Waals surface area contributed by atoms with Crippen LogP contribution >= 0.6 is 0 Å². The van der Waals surface area contributed by atoms with Crippen molar-refractivity contribution >= 4 is 47.0 Å². The predicted octanol–water partition coefficient (Wildman–Crippen LogP) is 1.41. The van der Waals surface area contributed by atoms with Crippen molar-refractivity contribution in [2.24, 2.45) is 0 Å². The molecule has 2 N–H and O–H groups in total. The van der Waals surface area contributed by atoms with Crippen molar-refractivity contribution in [1.29, 1.82) is 0 Å². The minimum absolute atomic E-state index is 0.0134. The molecule has 2 aromatic rings. The van der Waals surface area contributed by atoms with Crippen LogP contribution in [0.15, 0.2) is 58.3 Å². The molecule has 1 aliphatic rings. The fourth-order valence-corrected chi connectivity index (χ4v) is 8.64. The maximum atomic E-state index is 12.8. The third kappa shape index (κ3) is 4.99. The van der Waals surface area contributed by atoms with Gasteiger partial charge in [0.2, 0.25) is 5.91 Å². The molecule has 3 rings (SSSR count). The van der Waals surface area contributed by atoms with Gasteiger partial charge in [-0.25, -0.2) is 25.3 Å². The van der Waals surface area contributed by atoms with Crippen LogP contribution in [0.1, 0.15) is 13.3 Å². The first-order chi connectivity index (χ1) is 13.9. The van der Waals surface area contributed by atoms with Crippen LogP contribution in [-0.4, -0.2) is 47.9 Å². The van der Waals surface area contributed by atoms with Gasteiger partial charge in [0.05, 0.1) is 26.5 Å². The Bertz CT molecular complexity index is 1280. The fourth-order valence-electron chi connectivity index (χ4n) is 3.06. The third-order valence-corrected chi connectivity index (χ3v) is 10.1. The number of hydrogen-bond donors (Lipinski definition) is 2. The lowest BCUT2D eigenvalue weighted by Crippen LogP contribution is -2.23. The van der Waals surface area contributed by atoms with E-state index in [2.05, 4.69) is 10.0 Å². The number of amides is 1. The maximum absolute atomic E-state index is 12.8. The highest BCUT2D eigenvalue weighted by atomic mass is 32.2. The lowest BCUT2D eigenvalue weighted by Gasteiger charge is -2.13. The zero-order valence-corrected chi connectivity index (χ0v) is 18.3. The molecule has 1 atom stereocenters. The minimum atomic E-state index is -4.10. The van der Waals surface area contributed by atoms with Crippen molar-refractivity contribution in [2.75, 3.05) is 21.5 Å². The number of carbonyl (C=O) groups excluding carboxylic acids is 1. The van der Waals surface area contributed by atoms with Gasteiger partial charge in [-0.2, -0.15) is 0 Å². The molecule has 1 heterocycles. The van der Waals surface area contributed by atoms with E-state index in [1.807, 2.05) is 0 Å². The average molecular weight is 473 g/mol. The highest BCUT2D eigenvalue weighted by molar-refractivity contribution is 7.96. The van der Waals surface area contributed by atoms with Gasteiger partial charge >= 0.3 is 0 Å². The molecular formula is C18H20N2O7S3. The molecular weight excluding hydrogens is 452 g/mol. The molecule has 12 heteroatoms. The van der Waals surface area contributed by atoms with Crippen molar-refractivity contribution in [3.8, 4) is 0 Å². The van der Waals surface area contributed by atoms with Gasteiger partial charge in [-0.1, -0.05) is 6.07 Å². The third-order valence-electron chi connectivity index (χ3n) is 4.53. The van der Waals surface area contributed by atoms with Crippen LogP contribution in [0.2, 0.25) is 0 Å². The Labute approximate surface area is 175 Å². The van der Waals surface area contributed by atoms with E-state index < -0.39 is 40.7 Å². The summed E-state index contributed by atoms with van der Waals surface area (Å²) in [6, 6.07) is 10.7. The zero-order chi connectivity index (χ0) is 22.2. The van der Waals surface area contributed by atoms with E-state index >= 15 is 0 Å². The average Bonchev–Trinajstić information content (AvgIpc) is 3.03. The Morgan fingerprint density at radius 3 is 2.13 bits per heavy atom. The molecule has 1 amide bonds. The number of nitrogens with one attached hydrogen (secondary N) is 2. The molecule has 1 aliphatic heterocycles. The monoisotopic (exact) mass is 472 g/mol. The number of rotatable bonds is 6. The summed E-state index contributed by atoms with van der Waals surface area (Å²) in [5.41, 5.74) is 0.712. The highest BCUT2D eigenvalue weighted by Crippen LogP contribution is 2.27. The molecule has 1 fully saturated rings. The number of sulfonamides is 1. The van der Waals surface area contributed by atoms with Crippen LogP contribution in [0, 0.1) is 0 Å². The van der Waals surface area contributed by atoms with Crippen LogP contribution < -0.4 is 10.0 Å². The number of carbonyl (C=O) groups is 1. The SMILES string of the molecule is CC(=O)Nc1ccc(NS(=O)(=O)c2cccc(S(=O)(=O)[C@H]3CCS(=O)(=O)C3)c2)cc1. The van der Waals surface area contributed by atoms with E-state index in [0.717, 1.165) is 6.07 Å². The summed E-state index contributed by atoms with van der Waals surface area (Å²) < 4.78 is 76.6. The molecule has 0 spiro atoms. The summed E-state index contributed by atoms with van der Waals surface area (Å²) >= 11 is 0. The quantitative estimate of drug-likeness (QED) is 0.647. The zero-order valence-electron chi connectivity index (χ0n) is 15.9. The Hall–Kier alpha value is -2.44. The van der Waals surface area contributed by atoms with Crippen LogP contribution in [0.3, 0.4) is 0 Å². The Kier molecular flexibility index (Phi) is 5.94. The lowest BCUT2D eigenvalue weighted by molar-refractivity contribution is -0.114. The largest absolute Gasteiger partial charge is 0.326 e. The predicted molar refractivity (Wildman–Crippen MR) is 112 cm³/mol. The fraction of sp³-hybridized carbons (Fsp3) is 0.278. The van der Waals surface area contributed by atoms with E-state index in [1.165, 1.54) is 49.4 Å². The van der Waals surface area contributed by atoms with Gasteiger partial charge in [0.1, 0.15) is 0 Å². The van der Waals surface area contributed by atoms with Crippen molar-refractivity contribution in [3.05, 3.63) is 48.5 Å². The molecule has 30 heavy (non-hydrogen) atoms. The highest BCUT2D eigenvalue weighted by Gasteiger charge is 2.38. The second-order valence-electron chi connectivity index (χ2n) is 6.91. The van der Waals surface area contributed by atoms with Gasteiger partial charge in [0.25, 0.3) is 10.0 Å². The van der Waals surface area contributed by atoms with Crippen LogP contribution in [-0.2, 0) is 34.5 Å². The molecule has 162 valence electrons. The standard InChI is InChI=1S/C18H20N2O7S3/c1-13(21)19-14-5-7-15(8-6-14)20-30(26,27)17-4-2-3-16(11-17)29(24,25)18-9-10-28(22,23)12-18/h2-8,11,18,20H,9-10,12H2,1H3,(H,19,21)/t18-/m0/s1. The van der Waals surface area contributed by atoms with E-state index in [0.29, 0.717) is 5.69 Å². The summed E-state index contributed by atoms with van der Waals surface area (Å²) in [4.78, 5) is 10.5. The van der Waals surface area contributed by atoms with Gasteiger partial charge in [-0.15, -0.1) is 0 Å². The summed E-state index contributed by atoms with van der Waals surface area (Å²) in [6.07, 6.45) is -0.0134. The first-order valence-corrected chi connectivity index (χ1v) is 13.7. The Morgan fingerprint density at radius 1 is 0.967 bits per heavy atom. The molecule has 0 unspecified atom stereocenters. The first kappa shape index (κ1) is 22.2. The molecule has 9 nitrogen and oxygen atoms in total. The van der Waals surface area contributed by atoms with Crippen molar-refractivity contribution in [1.82, 2.24) is 0 Å². The molecule has 0 bridgehead atoms. The number of benzene rings is 2. The second-order valence-corrected chi connectivity index (χ2v) is 13.0. The summed E-state index contributed by atoms with van der Waals surface area (Å²) in [5.74, 6) is -0.938. The van der Waals surface area contributed by atoms with E-state index in [1.54, 1.807) is 0 Å². The number of hydrogen-bond acceptors (Lipinski definition) is 7. The molecule has 2 aromatic carbocycles. The van der Waals surface area contributed by atoms with Crippen LogP contribution in [0.25, 0.3) is 0 Å². The van der Waals surface area contributed by atoms with Gasteiger partial charge < -0.3 is 5.32 Å². The number of sulfone groups is 2. The van der Waals surface area contributed by atoms with Crippen molar-refractivity contribution < 1.29 is 30.0 Å². The molecule has 0 saturated carbocycles. The van der Waals surface area contributed by atoms with E-state index in [4.69, 9.17) is 0 Å². The topological polar surface area (TPSA) is 144 Å². The Balaban J connectivity index is 1.85. The smallest absolute Gasteiger partial charge is 0.261 e. The van der Waals surface area contributed by atoms with Gasteiger partial charge in [0, 0.05) is 18.3 Å². The molecule has 1 saturated heterocycles. The first-order valence-electron chi connectivity index (χ1n) is 8.84. The normalized spacial score (nSPS) is 18.6. The second kappa shape index (κ2) is 8.00. The Morgan fingerprint density at radius 2 is 1.57 bits per heavy atom. The summed E-state index contributed by atoms with van der Waals surface area (Å²) in [7, 11) is -11.5. The van der Waals surface area contributed by atoms with Crippen molar-refractivity contribution in [3.63, 3.8) is 0 Å². The van der Waals surface area contributed by atoms with Crippen LogP contribution in [0.5, 0.6) is 0 Å². The van der Waals surface area contributed by atoms with E-state index in [-0.39, 0.29) is 33.6 Å². The summed E-state index contributed by atoms with van der Waals surface area (Å²) in [5, 5.41) is 1.47. The summed E-state index contributed by atoms with van der Waals surface area (Å²) in [6.45, 7) is 1.35. The van der Waals surface area contributed by atoms with Gasteiger partial charge in [-0.3, -0.25) is 9.52 Å². The van der Waals surface area contributed by atoms with Crippen molar-refractivity contribution in [2.45, 2.75) is 28.4 Å². The minimum Gasteiger partial charge on any atom is -0.326 e. The molecule has 0 aromatic heterocycles. The van der Waals surface area contributed by atoms with Gasteiger partial charge in [-0.05, 0) is 48.9 Å². The lowest BCUT2D eigenvalue weighted by atomic mass is 10.3. The van der Waals surface area contributed by atoms with Crippen LogP contribution in [0.4, 0.5) is 11.4 Å². The van der Waals surface area contributed by atoms with Gasteiger partial charge in [0.15, 0.2) is 19.7 Å². The molecule has 0 aliphatic carbocycles. The number of anilines is 2.